The van der Waals surface area contributed by atoms with Crippen LogP contribution >= 0.6 is 0 Å². The molecule has 0 spiro atoms. The summed E-state index contributed by atoms with van der Waals surface area (Å²) in [6.45, 7) is 4.02. The molecule has 0 aliphatic heterocycles. The largest absolute Gasteiger partial charge is 0.237 e. The zero-order valence-electron chi connectivity index (χ0n) is 10.9. The second kappa shape index (κ2) is 2.96. The average molecular weight is 256 g/mol. The van der Waals surface area contributed by atoms with Gasteiger partial charge in [0.2, 0.25) is 0 Å². The first kappa shape index (κ1) is 10.9. The Morgan fingerprint density at radius 3 is 2.68 bits per heavy atom. The van der Waals surface area contributed by atoms with E-state index in [4.69, 9.17) is 0 Å². The van der Waals surface area contributed by atoms with Gasteiger partial charge in [-0.3, -0.25) is 0 Å². The molecule has 0 unspecified atom stereocenters. The van der Waals surface area contributed by atoms with E-state index >= 15 is 0 Å². The number of aromatic nitrogens is 3. The molecule has 2 aromatic rings. The van der Waals surface area contributed by atoms with Crippen LogP contribution in [0.25, 0.3) is 5.52 Å². The first-order chi connectivity index (χ1) is 8.98. The summed E-state index contributed by atoms with van der Waals surface area (Å²) in [6.07, 6.45) is 4.56. The number of halogens is 1. The van der Waals surface area contributed by atoms with Crippen molar-refractivity contribution in [3.05, 3.63) is 29.1 Å². The highest BCUT2D eigenvalue weighted by Crippen LogP contribution is 2.73. The molecule has 2 heterocycles. The van der Waals surface area contributed by atoms with Gasteiger partial charge in [-0.15, -0.1) is 0 Å². The second-order valence-electron chi connectivity index (χ2n) is 6.37. The Hall–Kier alpha value is -1.96. The van der Waals surface area contributed by atoms with Gasteiger partial charge in [-0.05, 0) is 31.6 Å². The van der Waals surface area contributed by atoms with Crippen LogP contribution in [0.1, 0.15) is 43.3 Å². The van der Waals surface area contributed by atoms with Crippen molar-refractivity contribution in [3.8, 4) is 6.07 Å². The van der Waals surface area contributed by atoms with E-state index in [2.05, 4.69) is 17.0 Å². The number of nitriles is 1. The molecule has 3 fully saturated rings. The summed E-state index contributed by atoms with van der Waals surface area (Å²) in [5.41, 5.74) is 1.59. The topological polar surface area (TPSA) is 54.0 Å². The van der Waals surface area contributed by atoms with Crippen LogP contribution in [0.5, 0.6) is 0 Å². The minimum atomic E-state index is -0.479. The molecule has 2 bridgehead atoms. The molecule has 96 valence electrons. The quantitative estimate of drug-likeness (QED) is 0.787. The lowest BCUT2D eigenvalue weighted by Crippen LogP contribution is -2.63. The number of hydrogen-bond donors (Lipinski definition) is 0. The molecule has 0 aromatic carbocycles. The summed E-state index contributed by atoms with van der Waals surface area (Å²) >= 11 is 0. The molecule has 5 heteroatoms. The maximum atomic E-state index is 14.3. The predicted octanol–water partition coefficient (Wildman–Crippen LogP) is 2.49. The molecule has 3 aliphatic rings. The number of aryl methyl sites for hydroxylation is 1. The van der Waals surface area contributed by atoms with Crippen molar-refractivity contribution in [1.29, 1.82) is 5.26 Å². The molecule has 0 N–H and O–H groups in total. The number of rotatable bonds is 1. The van der Waals surface area contributed by atoms with Gasteiger partial charge < -0.3 is 0 Å². The Kier molecular flexibility index (Phi) is 1.70. The zero-order valence-corrected chi connectivity index (χ0v) is 10.9. The number of hydrogen-bond acceptors (Lipinski definition) is 3. The maximum absolute atomic E-state index is 14.3. The summed E-state index contributed by atoms with van der Waals surface area (Å²) in [7, 11) is 0. The third-order valence-electron chi connectivity index (χ3n) is 4.65. The van der Waals surface area contributed by atoms with Gasteiger partial charge in [0.25, 0.3) is 0 Å². The van der Waals surface area contributed by atoms with Crippen LogP contribution < -0.4 is 0 Å². The lowest BCUT2D eigenvalue weighted by Gasteiger charge is -2.69. The summed E-state index contributed by atoms with van der Waals surface area (Å²) in [5, 5.41) is 13.6. The van der Waals surface area contributed by atoms with Gasteiger partial charge in [-0.2, -0.15) is 10.4 Å². The van der Waals surface area contributed by atoms with Gasteiger partial charge in [0.1, 0.15) is 23.0 Å². The summed E-state index contributed by atoms with van der Waals surface area (Å²) in [5.74, 6) is 0.110. The van der Waals surface area contributed by atoms with Gasteiger partial charge in [0, 0.05) is 5.41 Å². The molecule has 2 aromatic heterocycles. The molecule has 5 rings (SSSR count). The molecule has 19 heavy (non-hydrogen) atoms. The molecule has 0 radical (unpaired) electrons. The van der Waals surface area contributed by atoms with Gasteiger partial charge >= 0.3 is 0 Å². The van der Waals surface area contributed by atoms with Crippen LogP contribution in [0.4, 0.5) is 4.39 Å². The average Bonchev–Trinajstić information content (AvgIpc) is 2.56. The van der Waals surface area contributed by atoms with E-state index in [-0.39, 0.29) is 11.0 Å². The third kappa shape index (κ3) is 1.12. The van der Waals surface area contributed by atoms with E-state index in [1.54, 1.807) is 11.4 Å². The lowest BCUT2D eigenvalue weighted by atomic mass is 9.35. The van der Waals surface area contributed by atoms with Crippen molar-refractivity contribution < 1.29 is 4.39 Å². The van der Waals surface area contributed by atoms with E-state index in [0.29, 0.717) is 16.8 Å². The van der Waals surface area contributed by atoms with Gasteiger partial charge in [0.05, 0.1) is 11.9 Å². The molecular formula is C14H13FN4. The summed E-state index contributed by atoms with van der Waals surface area (Å²) < 4.78 is 15.9. The van der Waals surface area contributed by atoms with Gasteiger partial charge in [-0.25, -0.2) is 13.9 Å². The highest BCUT2D eigenvalue weighted by atomic mass is 19.1. The van der Waals surface area contributed by atoms with Crippen LogP contribution in [0.15, 0.2) is 6.20 Å². The second-order valence-corrected chi connectivity index (χ2v) is 6.37. The van der Waals surface area contributed by atoms with Gasteiger partial charge in [-0.1, -0.05) is 6.92 Å². The van der Waals surface area contributed by atoms with Gasteiger partial charge in [0.15, 0.2) is 5.82 Å². The standard InChI is InChI=1S/C14H13FN4/c1-8-17-4-10-11(15)9(3-16)12(19(10)18-8)14-5-13(2,6-14)7-14/h4H,5-7H2,1-2H3. The fraction of sp³-hybridized carbons (Fsp3) is 0.500. The zero-order chi connectivity index (χ0) is 13.4. The minimum absolute atomic E-state index is 0.0339. The smallest absolute Gasteiger partial charge is 0.170 e. The SMILES string of the molecule is Cc1ncc2c(F)c(C#N)c(C34CC(C)(C3)C4)n2n1. The normalized spacial score (nSPS) is 31.7. The van der Waals surface area contributed by atoms with Crippen molar-refractivity contribution >= 4 is 5.52 Å². The van der Waals surface area contributed by atoms with Crippen molar-refractivity contribution in [3.63, 3.8) is 0 Å². The Morgan fingerprint density at radius 2 is 2.11 bits per heavy atom. The minimum Gasteiger partial charge on any atom is -0.237 e. The molecule has 3 saturated carbocycles. The first-order valence-electron chi connectivity index (χ1n) is 6.43. The summed E-state index contributed by atoms with van der Waals surface area (Å²) in [6, 6.07) is 2.02. The molecular weight excluding hydrogens is 243 g/mol. The Balaban J connectivity index is 2.04. The van der Waals surface area contributed by atoms with E-state index in [1.165, 1.54) is 6.20 Å². The van der Waals surface area contributed by atoms with E-state index in [9.17, 15) is 9.65 Å². The van der Waals surface area contributed by atoms with Crippen molar-refractivity contribution in [1.82, 2.24) is 14.6 Å². The van der Waals surface area contributed by atoms with Crippen molar-refractivity contribution in [2.45, 2.75) is 38.5 Å². The Bertz CT molecular complexity index is 748. The van der Waals surface area contributed by atoms with Crippen molar-refractivity contribution in [2.24, 2.45) is 5.41 Å². The molecule has 0 amide bonds. The molecule has 4 nitrogen and oxygen atoms in total. The van der Waals surface area contributed by atoms with E-state index in [0.717, 1.165) is 25.0 Å². The van der Waals surface area contributed by atoms with Crippen molar-refractivity contribution in [2.75, 3.05) is 0 Å². The molecule has 0 atom stereocenters. The predicted molar refractivity (Wildman–Crippen MR) is 66.0 cm³/mol. The molecule has 0 saturated heterocycles. The molecule has 3 aliphatic carbocycles. The summed E-state index contributed by atoms with van der Waals surface area (Å²) in [4.78, 5) is 4.03. The highest BCUT2D eigenvalue weighted by molar-refractivity contribution is 5.60. The Labute approximate surface area is 109 Å². The van der Waals surface area contributed by atoms with Crippen LogP contribution in [-0.4, -0.2) is 14.6 Å². The number of nitrogens with zero attached hydrogens (tertiary/aromatic N) is 4. The fourth-order valence-electron chi connectivity index (χ4n) is 4.23. The van der Waals surface area contributed by atoms with Crippen LogP contribution in [-0.2, 0) is 5.41 Å². The third-order valence-corrected chi connectivity index (χ3v) is 4.65. The van der Waals surface area contributed by atoms with Crippen LogP contribution in [0.2, 0.25) is 0 Å². The van der Waals surface area contributed by atoms with Crippen LogP contribution in [0, 0.1) is 29.5 Å². The van der Waals surface area contributed by atoms with Crippen LogP contribution in [0.3, 0.4) is 0 Å². The maximum Gasteiger partial charge on any atom is 0.170 e. The van der Waals surface area contributed by atoms with E-state index < -0.39 is 5.82 Å². The Morgan fingerprint density at radius 1 is 1.42 bits per heavy atom. The highest BCUT2D eigenvalue weighted by Gasteiger charge is 2.67. The first-order valence-corrected chi connectivity index (χ1v) is 6.43. The lowest BCUT2D eigenvalue weighted by molar-refractivity contribution is -0.129. The monoisotopic (exact) mass is 256 g/mol. The fourth-order valence-corrected chi connectivity index (χ4v) is 4.23. The van der Waals surface area contributed by atoms with E-state index in [1.807, 2.05) is 6.07 Å². The number of fused-ring (bicyclic) bond motifs is 1.